The zero-order valence-corrected chi connectivity index (χ0v) is 19.2. The lowest BCUT2D eigenvalue weighted by Gasteiger charge is -2.32. The Morgan fingerprint density at radius 2 is 2.00 bits per heavy atom. The van der Waals surface area contributed by atoms with Crippen molar-refractivity contribution in [2.75, 3.05) is 24.5 Å². The molecule has 0 atom stereocenters. The summed E-state index contributed by atoms with van der Waals surface area (Å²) in [5.74, 6) is 0.833. The molecule has 5 heterocycles. The Morgan fingerprint density at radius 1 is 1.12 bits per heavy atom. The number of pyridine rings is 1. The number of hydrogen-bond donors (Lipinski definition) is 3. The number of anilines is 1. The molecule has 0 aliphatic carbocycles. The van der Waals surface area contributed by atoms with Gasteiger partial charge in [0.1, 0.15) is 0 Å². The number of carbonyl (C=O) groups is 2. The normalized spacial score (nSPS) is 18.0. The SMILES string of the molecule is O=C1NC(=O)C(=Cc2ccnc(N3CCC(CNCc4cccnc4-c4ccn[nH]4)CC3)n2)S1. The average molecular weight is 477 g/mol. The summed E-state index contributed by atoms with van der Waals surface area (Å²) in [6, 6.07) is 7.70. The number of amides is 2. The number of H-pyrrole nitrogens is 1. The zero-order chi connectivity index (χ0) is 23.3. The molecule has 2 saturated heterocycles. The molecule has 10 nitrogen and oxygen atoms in total. The number of carbonyl (C=O) groups excluding carboxylic acids is 2. The molecule has 0 radical (unpaired) electrons. The second-order valence-electron chi connectivity index (χ2n) is 8.18. The Kier molecular flexibility index (Phi) is 6.63. The van der Waals surface area contributed by atoms with E-state index < -0.39 is 0 Å². The molecule has 34 heavy (non-hydrogen) atoms. The van der Waals surface area contributed by atoms with Gasteiger partial charge in [-0.1, -0.05) is 6.07 Å². The maximum Gasteiger partial charge on any atom is 0.290 e. The van der Waals surface area contributed by atoms with Crippen LogP contribution in [-0.4, -0.2) is 55.9 Å². The lowest BCUT2D eigenvalue weighted by atomic mass is 9.97. The van der Waals surface area contributed by atoms with Crippen molar-refractivity contribution in [3.63, 3.8) is 0 Å². The Balaban J connectivity index is 1.13. The molecule has 3 aromatic rings. The molecule has 2 fully saturated rings. The third-order valence-corrected chi connectivity index (χ3v) is 6.69. The van der Waals surface area contributed by atoms with Gasteiger partial charge in [0.25, 0.3) is 11.1 Å². The first-order chi connectivity index (χ1) is 16.7. The molecule has 3 aromatic heterocycles. The van der Waals surface area contributed by atoms with Crippen LogP contribution in [0.5, 0.6) is 0 Å². The predicted molar refractivity (Wildman–Crippen MR) is 130 cm³/mol. The molecule has 2 amide bonds. The predicted octanol–water partition coefficient (Wildman–Crippen LogP) is 2.59. The van der Waals surface area contributed by atoms with Crippen molar-refractivity contribution in [1.29, 1.82) is 0 Å². The van der Waals surface area contributed by atoms with Crippen LogP contribution < -0.4 is 15.5 Å². The summed E-state index contributed by atoms with van der Waals surface area (Å²) in [5, 5.41) is 12.5. The number of aromatic amines is 1. The fraction of sp³-hybridized carbons (Fsp3) is 0.304. The maximum absolute atomic E-state index is 11.8. The Labute approximate surface area is 200 Å². The molecule has 0 unspecified atom stereocenters. The lowest BCUT2D eigenvalue weighted by Crippen LogP contribution is -2.38. The van der Waals surface area contributed by atoms with E-state index in [1.165, 1.54) is 0 Å². The number of piperidine rings is 1. The second kappa shape index (κ2) is 10.1. The summed E-state index contributed by atoms with van der Waals surface area (Å²) in [6.45, 7) is 3.41. The van der Waals surface area contributed by atoms with E-state index in [4.69, 9.17) is 0 Å². The highest BCUT2D eigenvalue weighted by molar-refractivity contribution is 8.18. The third-order valence-electron chi connectivity index (χ3n) is 5.88. The number of aromatic nitrogens is 5. The van der Waals surface area contributed by atoms with Crippen molar-refractivity contribution >= 4 is 34.9 Å². The van der Waals surface area contributed by atoms with Crippen LogP contribution in [0.4, 0.5) is 10.7 Å². The molecule has 0 spiro atoms. The number of hydrogen-bond acceptors (Lipinski definition) is 9. The number of nitrogens with one attached hydrogen (secondary N) is 3. The van der Waals surface area contributed by atoms with Crippen molar-refractivity contribution in [1.82, 2.24) is 35.8 Å². The van der Waals surface area contributed by atoms with Gasteiger partial charge >= 0.3 is 0 Å². The van der Waals surface area contributed by atoms with Crippen LogP contribution in [0, 0.1) is 5.92 Å². The van der Waals surface area contributed by atoms with E-state index in [1.807, 2.05) is 12.1 Å². The van der Waals surface area contributed by atoms with Crippen molar-refractivity contribution in [3.8, 4) is 11.4 Å². The van der Waals surface area contributed by atoms with E-state index in [2.05, 4.69) is 46.7 Å². The van der Waals surface area contributed by atoms with Crippen molar-refractivity contribution < 1.29 is 9.59 Å². The van der Waals surface area contributed by atoms with Gasteiger partial charge in [-0.05, 0) is 66.9 Å². The van der Waals surface area contributed by atoms with E-state index >= 15 is 0 Å². The van der Waals surface area contributed by atoms with Crippen LogP contribution in [0.3, 0.4) is 0 Å². The van der Waals surface area contributed by atoms with Crippen LogP contribution in [-0.2, 0) is 11.3 Å². The van der Waals surface area contributed by atoms with Gasteiger partial charge in [0.15, 0.2) is 0 Å². The monoisotopic (exact) mass is 476 g/mol. The zero-order valence-electron chi connectivity index (χ0n) is 18.4. The Morgan fingerprint density at radius 3 is 2.76 bits per heavy atom. The molecule has 5 rings (SSSR count). The first-order valence-electron chi connectivity index (χ1n) is 11.1. The van der Waals surface area contributed by atoms with Gasteiger partial charge in [-0.15, -0.1) is 0 Å². The quantitative estimate of drug-likeness (QED) is 0.441. The standard InChI is InChI=1S/C23H24N8O2S/c32-21-19(34-23(33)29-21)12-17-3-8-26-22(28-17)31-10-5-15(6-11-31)13-24-14-16-2-1-7-25-20(16)18-4-9-27-30-18/h1-4,7-9,12,15,24H,5-6,10-11,13-14H2,(H,27,30)(H,29,32,33). The van der Waals surface area contributed by atoms with Crippen molar-refractivity contribution in [3.05, 3.63) is 59.0 Å². The summed E-state index contributed by atoms with van der Waals surface area (Å²) in [5.41, 5.74) is 3.60. The molecule has 2 aliphatic heterocycles. The summed E-state index contributed by atoms with van der Waals surface area (Å²) in [4.78, 5) is 39.2. The molecule has 0 saturated carbocycles. The van der Waals surface area contributed by atoms with Crippen molar-refractivity contribution in [2.45, 2.75) is 19.4 Å². The smallest absolute Gasteiger partial charge is 0.290 e. The summed E-state index contributed by atoms with van der Waals surface area (Å²) >= 11 is 0.888. The highest BCUT2D eigenvalue weighted by Crippen LogP contribution is 2.26. The first kappa shape index (κ1) is 22.2. The van der Waals surface area contributed by atoms with E-state index in [9.17, 15) is 9.59 Å². The Hall–Kier alpha value is -3.57. The molecule has 2 aliphatic rings. The molecule has 0 bridgehead atoms. The molecular weight excluding hydrogens is 452 g/mol. The lowest BCUT2D eigenvalue weighted by molar-refractivity contribution is -0.115. The first-order valence-corrected chi connectivity index (χ1v) is 11.9. The molecule has 3 N–H and O–H groups in total. The topological polar surface area (TPSA) is 129 Å². The number of rotatable bonds is 7. The van der Waals surface area contributed by atoms with Gasteiger partial charge in [-0.3, -0.25) is 25.0 Å². The minimum atomic E-state index is -0.383. The van der Waals surface area contributed by atoms with Crippen LogP contribution in [0.25, 0.3) is 17.5 Å². The van der Waals surface area contributed by atoms with E-state index in [0.717, 1.165) is 67.7 Å². The van der Waals surface area contributed by atoms with Crippen LogP contribution in [0.1, 0.15) is 24.1 Å². The van der Waals surface area contributed by atoms with Gasteiger partial charge in [-0.25, -0.2) is 9.97 Å². The highest BCUT2D eigenvalue weighted by atomic mass is 32.2. The van der Waals surface area contributed by atoms with Gasteiger partial charge in [0.05, 0.1) is 22.0 Å². The van der Waals surface area contributed by atoms with Gasteiger partial charge < -0.3 is 10.2 Å². The van der Waals surface area contributed by atoms with E-state index in [-0.39, 0.29) is 11.1 Å². The highest BCUT2D eigenvalue weighted by Gasteiger charge is 2.25. The average Bonchev–Trinajstić information content (AvgIpc) is 3.50. The second-order valence-corrected chi connectivity index (χ2v) is 9.19. The number of nitrogens with zero attached hydrogens (tertiary/aromatic N) is 5. The summed E-state index contributed by atoms with van der Waals surface area (Å²) < 4.78 is 0. The maximum atomic E-state index is 11.8. The van der Waals surface area contributed by atoms with Crippen LogP contribution in [0.2, 0.25) is 0 Å². The van der Waals surface area contributed by atoms with E-state index in [0.29, 0.717) is 22.5 Å². The number of imide groups is 1. The summed E-state index contributed by atoms with van der Waals surface area (Å²) in [6.07, 6.45) is 8.92. The van der Waals surface area contributed by atoms with Gasteiger partial charge in [0.2, 0.25) is 5.95 Å². The molecule has 11 heteroatoms. The van der Waals surface area contributed by atoms with E-state index in [1.54, 1.807) is 30.7 Å². The minimum absolute atomic E-state index is 0.351. The number of thioether (sulfide) groups is 1. The molecule has 0 aromatic carbocycles. The minimum Gasteiger partial charge on any atom is -0.341 e. The van der Waals surface area contributed by atoms with Gasteiger partial charge in [0, 0.05) is 38.2 Å². The Bertz CT molecular complexity index is 1210. The fourth-order valence-electron chi connectivity index (χ4n) is 4.11. The van der Waals surface area contributed by atoms with Crippen LogP contribution >= 0.6 is 11.8 Å². The molecular formula is C23H24N8O2S. The largest absolute Gasteiger partial charge is 0.341 e. The van der Waals surface area contributed by atoms with Crippen molar-refractivity contribution in [2.24, 2.45) is 5.92 Å². The summed E-state index contributed by atoms with van der Waals surface area (Å²) in [7, 11) is 0. The third kappa shape index (κ3) is 5.15. The van der Waals surface area contributed by atoms with Gasteiger partial charge in [-0.2, -0.15) is 5.10 Å². The van der Waals surface area contributed by atoms with Crippen LogP contribution in [0.15, 0.2) is 47.8 Å². The fourth-order valence-corrected chi connectivity index (χ4v) is 4.78. The molecule has 174 valence electrons.